The van der Waals surface area contributed by atoms with Gasteiger partial charge in [0, 0.05) is 18.7 Å². The molecule has 1 aliphatic rings. The maximum Gasteiger partial charge on any atom is 0.263 e. The number of carbonyl (C=O) groups excluding carboxylic acids is 1. The first-order chi connectivity index (χ1) is 12.2. The van der Waals surface area contributed by atoms with Gasteiger partial charge in [-0.15, -0.1) is 11.3 Å². The lowest BCUT2D eigenvalue weighted by molar-refractivity contribution is 0.0953. The number of likely N-dealkylation sites (tertiary alicyclic amines) is 1. The van der Waals surface area contributed by atoms with E-state index in [1.54, 1.807) is 0 Å². The van der Waals surface area contributed by atoms with Crippen LogP contribution in [0.15, 0.2) is 24.3 Å². The first-order valence-electron chi connectivity index (χ1n) is 8.88. The van der Waals surface area contributed by atoms with Crippen LogP contribution >= 0.6 is 11.3 Å². The van der Waals surface area contributed by atoms with Crippen LogP contribution in [0.2, 0.25) is 0 Å². The zero-order chi connectivity index (χ0) is 17.6. The number of thiazole rings is 1. The Kier molecular flexibility index (Phi) is 6.04. The third-order valence-electron chi connectivity index (χ3n) is 4.31. The fourth-order valence-electron chi connectivity index (χ4n) is 3.03. The lowest BCUT2D eigenvalue weighted by Gasteiger charge is -2.14. The Morgan fingerprint density at radius 1 is 1.36 bits per heavy atom. The minimum atomic E-state index is -0.0265. The number of rotatable bonds is 7. The minimum absolute atomic E-state index is 0.0265. The van der Waals surface area contributed by atoms with Gasteiger partial charge < -0.3 is 15.0 Å². The third-order valence-corrected chi connectivity index (χ3v) is 5.51. The largest absolute Gasteiger partial charge is 0.494 e. The van der Waals surface area contributed by atoms with Crippen LogP contribution in [-0.2, 0) is 0 Å². The summed E-state index contributed by atoms with van der Waals surface area (Å²) in [5, 5.41) is 3.88. The topological polar surface area (TPSA) is 54.5 Å². The first kappa shape index (κ1) is 17.9. The van der Waals surface area contributed by atoms with Gasteiger partial charge in [0.15, 0.2) is 0 Å². The molecule has 1 N–H and O–H groups in total. The normalized spacial score (nSPS) is 14.6. The average Bonchev–Trinajstić information content (AvgIpc) is 3.25. The Bertz CT molecular complexity index is 723. The predicted molar refractivity (Wildman–Crippen MR) is 101 cm³/mol. The highest BCUT2D eigenvalue weighted by Crippen LogP contribution is 2.30. The van der Waals surface area contributed by atoms with E-state index in [2.05, 4.69) is 15.2 Å². The molecular weight excluding hydrogens is 334 g/mol. The van der Waals surface area contributed by atoms with Crippen molar-refractivity contribution < 1.29 is 9.53 Å². The minimum Gasteiger partial charge on any atom is -0.494 e. The molecule has 0 bridgehead atoms. The summed E-state index contributed by atoms with van der Waals surface area (Å²) in [7, 11) is 0. The van der Waals surface area contributed by atoms with Crippen LogP contribution in [0.3, 0.4) is 0 Å². The van der Waals surface area contributed by atoms with Gasteiger partial charge in [0.25, 0.3) is 5.91 Å². The molecule has 6 heteroatoms. The molecule has 25 heavy (non-hydrogen) atoms. The van der Waals surface area contributed by atoms with E-state index < -0.39 is 0 Å². The number of hydrogen-bond acceptors (Lipinski definition) is 5. The van der Waals surface area contributed by atoms with Crippen molar-refractivity contribution in [3.05, 3.63) is 34.8 Å². The summed E-state index contributed by atoms with van der Waals surface area (Å²) in [5.74, 6) is 0.797. The number of aryl methyl sites for hydroxylation is 1. The van der Waals surface area contributed by atoms with Gasteiger partial charge in [-0.25, -0.2) is 4.98 Å². The zero-order valence-electron chi connectivity index (χ0n) is 14.9. The van der Waals surface area contributed by atoms with Crippen molar-refractivity contribution in [2.45, 2.75) is 26.7 Å². The summed E-state index contributed by atoms with van der Waals surface area (Å²) in [5.41, 5.74) is 1.76. The summed E-state index contributed by atoms with van der Waals surface area (Å²) in [6, 6.07) is 7.85. The maximum atomic E-state index is 12.5. The van der Waals surface area contributed by atoms with Gasteiger partial charge in [0.1, 0.15) is 15.6 Å². The molecule has 1 aromatic heterocycles. The molecule has 1 fully saturated rings. The van der Waals surface area contributed by atoms with Crippen LogP contribution in [0, 0.1) is 6.92 Å². The van der Waals surface area contributed by atoms with Crippen molar-refractivity contribution in [2.24, 2.45) is 0 Å². The molecule has 2 heterocycles. The Balaban J connectivity index is 1.64. The van der Waals surface area contributed by atoms with E-state index in [1.807, 2.05) is 38.1 Å². The first-order valence-corrected chi connectivity index (χ1v) is 9.70. The Labute approximate surface area is 153 Å². The van der Waals surface area contributed by atoms with Gasteiger partial charge in [-0.1, -0.05) is 12.1 Å². The van der Waals surface area contributed by atoms with Crippen LogP contribution in [0.5, 0.6) is 5.75 Å². The fourth-order valence-corrected chi connectivity index (χ4v) is 4.01. The second-order valence-electron chi connectivity index (χ2n) is 6.20. The van der Waals surface area contributed by atoms with E-state index in [0.29, 0.717) is 18.0 Å². The Morgan fingerprint density at radius 3 is 2.92 bits per heavy atom. The number of nitrogens with one attached hydrogen (secondary N) is 1. The second kappa shape index (κ2) is 8.45. The third kappa shape index (κ3) is 4.58. The summed E-state index contributed by atoms with van der Waals surface area (Å²) in [6.07, 6.45) is 2.54. The fraction of sp³-hybridized carbons (Fsp3) is 0.474. The number of nitrogens with zero attached hydrogens (tertiary/aromatic N) is 2. The quantitative estimate of drug-likeness (QED) is 0.824. The van der Waals surface area contributed by atoms with Crippen molar-refractivity contribution >= 4 is 17.2 Å². The number of ether oxygens (including phenoxy) is 1. The Hall–Kier alpha value is -1.92. The van der Waals surface area contributed by atoms with Gasteiger partial charge in [0.2, 0.25) is 0 Å². The molecule has 1 aromatic carbocycles. The molecule has 1 aliphatic heterocycles. The van der Waals surface area contributed by atoms with Gasteiger partial charge in [-0.2, -0.15) is 0 Å². The molecule has 0 saturated carbocycles. The second-order valence-corrected chi connectivity index (χ2v) is 7.20. The summed E-state index contributed by atoms with van der Waals surface area (Å²) in [6.45, 7) is 8.39. The number of aromatic nitrogens is 1. The smallest absolute Gasteiger partial charge is 0.263 e. The van der Waals surface area contributed by atoms with E-state index in [9.17, 15) is 4.79 Å². The van der Waals surface area contributed by atoms with Crippen molar-refractivity contribution in [1.82, 2.24) is 15.2 Å². The SMILES string of the molecule is CCOc1cccc(-c2nc(C)c(C(=O)NCCN3CCCC3)s2)c1. The molecule has 0 aliphatic carbocycles. The highest BCUT2D eigenvalue weighted by molar-refractivity contribution is 7.17. The molecule has 0 unspecified atom stereocenters. The molecule has 134 valence electrons. The lowest BCUT2D eigenvalue weighted by Crippen LogP contribution is -2.33. The molecule has 5 nitrogen and oxygen atoms in total. The van der Waals surface area contributed by atoms with Crippen LogP contribution in [0.25, 0.3) is 10.6 Å². The summed E-state index contributed by atoms with van der Waals surface area (Å²) >= 11 is 1.44. The van der Waals surface area contributed by atoms with Crippen molar-refractivity contribution in [3.63, 3.8) is 0 Å². The number of carbonyl (C=O) groups is 1. The maximum absolute atomic E-state index is 12.5. The molecule has 2 aromatic rings. The van der Waals surface area contributed by atoms with E-state index in [0.717, 1.165) is 41.6 Å². The van der Waals surface area contributed by atoms with Crippen molar-refractivity contribution in [2.75, 3.05) is 32.8 Å². The molecule has 3 rings (SSSR count). The van der Waals surface area contributed by atoms with Gasteiger partial charge >= 0.3 is 0 Å². The predicted octanol–water partition coefficient (Wildman–Crippen LogP) is 3.34. The standard InChI is InChI=1S/C19H25N3O2S/c1-3-24-16-8-6-7-15(13-16)19-21-14(2)17(25-19)18(23)20-9-12-22-10-4-5-11-22/h6-8,13H,3-5,9-12H2,1-2H3,(H,20,23). The highest BCUT2D eigenvalue weighted by atomic mass is 32.1. The molecule has 0 atom stereocenters. The highest BCUT2D eigenvalue weighted by Gasteiger charge is 2.17. The number of amides is 1. The van der Waals surface area contributed by atoms with Crippen molar-refractivity contribution in [1.29, 1.82) is 0 Å². The molecule has 0 radical (unpaired) electrons. The monoisotopic (exact) mass is 359 g/mol. The van der Waals surface area contributed by atoms with Crippen LogP contribution in [0.1, 0.15) is 35.1 Å². The van der Waals surface area contributed by atoms with Crippen LogP contribution < -0.4 is 10.1 Å². The van der Waals surface area contributed by atoms with Crippen LogP contribution in [0.4, 0.5) is 0 Å². The van der Waals surface area contributed by atoms with Crippen LogP contribution in [-0.4, -0.2) is 48.6 Å². The van der Waals surface area contributed by atoms with Gasteiger partial charge in [-0.05, 0) is 51.9 Å². The van der Waals surface area contributed by atoms with E-state index in [1.165, 1.54) is 24.2 Å². The molecule has 1 saturated heterocycles. The van der Waals surface area contributed by atoms with E-state index in [4.69, 9.17) is 4.74 Å². The van der Waals surface area contributed by atoms with E-state index >= 15 is 0 Å². The molecule has 1 amide bonds. The lowest BCUT2D eigenvalue weighted by atomic mass is 10.2. The van der Waals surface area contributed by atoms with Crippen molar-refractivity contribution in [3.8, 4) is 16.3 Å². The zero-order valence-corrected chi connectivity index (χ0v) is 15.7. The molecular formula is C19H25N3O2S. The Morgan fingerprint density at radius 2 is 2.16 bits per heavy atom. The van der Waals surface area contributed by atoms with Gasteiger partial charge in [-0.3, -0.25) is 4.79 Å². The number of hydrogen-bond donors (Lipinski definition) is 1. The molecule has 0 spiro atoms. The van der Waals surface area contributed by atoms with E-state index in [-0.39, 0.29) is 5.91 Å². The average molecular weight is 359 g/mol. The summed E-state index contributed by atoms with van der Waals surface area (Å²) < 4.78 is 5.55. The van der Waals surface area contributed by atoms with Gasteiger partial charge in [0.05, 0.1) is 12.3 Å². The summed E-state index contributed by atoms with van der Waals surface area (Å²) in [4.78, 5) is 20.1. The number of benzene rings is 1.